The standard InChI is InChI=1S/C54H63NO15/c1-11-38-65-41-39-29(2)35(64-48(59)42-40(31-18-14-12-15-19-31)55(49(60)70-50(4,5)6)46(67-42)32-22-24-34(62-10)25-23-32)27-54(61,51(39,7)8)45(68-47(58)33-20-16-13-17-21-33)43-52(9,44(41)66-38)36(57)26-37-53(43,28-63-37)69-30(3)56/h11-25,35-38,40-46,57,61H,1,26-28H2,2-10H3/t35?,36?,37?,38?,40-,41?,42+,43?,44?,45?,46+,52+,53?,54?/m0/s1. The second kappa shape index (κ2) is 17.9. The number of benzene rings is 3. The van der Waals surface area contributed by atoms with Crippen molar-refractivity contribution in [3.63, 3.8) is 0 Å². The topological polar surface area (TPSA) is 195 Å². The molecule has 374 valence electrons. The van der Waals surface area contributed by atoms with Gasteiger partial charge in [0, 0.05) is 36.2 Å². The Kier molecular flexibility index (Phi) is 12.6. The second-order valence-corrected chi connectivity index (χ2v) is 21.1. The van der Waals surface area contributed by atoms with Crippen LogP contribution in [0.3, 0.4) is 0 Å². The van der Waals surface area contributed by atoms with Crippen LogP contribution in [-0.2, 0) is 47.5 Å². The Hall–Kier alpha value is -5.62. The van der Waals surface area contributed by atoms with Crippen LogP contribution < -0.4 is 4.74 Å². The fourth-order valence-electron chi connectivity index (χ4n) is 12.2. The Morgan fingerprint density at radius 3 is 2.13 bits per heavy atom. The van der Waals surface area contributed by atoms with Gasteiger partial charge in [-0.05, 0) is 74.7 Å². The van der Waals surface area contributed by atoms with Crippen molar-refractivity contribution in [1.82, 2.24) is 4.90 Å². The van der Waals surface area contributed by atoms with E-state index in [1.807, 2.05) is 6.07 Å². The predicted octanol–water partition coefficient (Wildman–Crippen LogP) is 7.08. The largest absolute Gasteiger partial charge is 0.497 e. The maximum atomic E-state index is 15.4. The van der Waals surface area contributed by atoms with Gasteiger partial charge in [0.1, 0.15) is 47.4 Å². The zero-order valence-corrected chi connectivity index (χ0v) is 41.0. The molecule has 16 heteroatoms. The number of ether oxygens (including phenoxy) is 9. The third kappa shape index (κ3) is 7.91. The van der Waals surface area contributed by atoms with E-state index in [1.165, 1.54) is 25.0 Å². The molecule has 2 bridgehead atoms. The lowest BCUT2D eigenvalue weighted by Gasteiger charge is -2.68. The van der Waals surface area contributed by atoms with Gasteiger partial charge < -0.3 is 52.8 Å². The van der Waals surface area contributed by atoms with E-state index >= 15 is 4.79 Å². The summed E-state index contributed by atoms with van der Waals surface area (Å²) >= 11 is 0. The van der Waals surface area contributed by atoms with Crippen LogP contribution in [0.25, 0.3) is 0 Å². The van der Waals surface area contributed by atoms with Crippen LogP contribution in [0.4, 0.5) is 4.79 Å². The number of rotatable bonds is 9. The van der Waals surface area contributed by atoms with Gasteiger partial charge in [0.25, 0.3) is 0 Å². The minimum absolute atomic E-state index is 0.0207. The zero-order chi connectivity index (χ0) is 50.3. The molecule has 16 nitrogen and oxygen atoms in total. The average Bonchev–Trinajstić information content (AvgIpc) is 3.94. The highest BCUT2D eigenvalue weighted by molar-refractivity contribution is 5.89. The maximum absolute atomic E-state index is 15.4. The molecular weight excluding hydrogens is 903 g/mol. The molecule has 0 spiro atoms. The van der Waals surface area contributed by atoms with Gasteiger partial charge in [-0.3, -0.25) is 9.69 Å². The van der Waals surface area contributed by atoms with Crippen LogP contribution in [0, 0.1) is 16.7 Å². The SMILES string of the molecule is C=CC1OC2C3=C(C)C(OC(=O)[C@@H]4O[C@H](c5ccc(OC)cc5)N(C(=O)OC(C)(C)C)[C@H]4c4ccccc4)CC(O)(C(OC(=O)c4ccccc4)C4C5(OC(C)=O)COC5CC(O)[C@@]4(C)C2O1)C3(C)C. The number of hydrogen-bond acceptors (Lipinski definition) is 15. The van der Waals surface area contributed by atoms with E-state index in [-0.39, 0.29) is 25.0 Å². The lowest BCUT2D eigenvalue weighted by molar-refractivity contribution is -0.361. The van der Waals surface area contributed by atoms with Crippen LogP contribution in [0.15, 0.2) is 109 Å². The van der Waals surface area contributed by atoms with Crippen LogP contribution >= 0.6 is 0 Å². The van der Waals surface area contributed by atoms with Crippen molar-refractivity contribution < 1.29 is 72.0 Å². The Morgan fingerprint density at radius 2 is 1.54 bits per heavy atom. The summed E-state index contributed by atoms with van der Waals surface area (Å²) in [6.07, 6.45) is -10.2. The van der Waals surface area contributed by atoms with Crippen molar-refractivity contribution in [2.75, 3.05) is 13.7 Å². The molecule has 0 aromatic heterocycles. The van der Waals surface area contributed by atoms with Gasteiger partial charge >= 0.3 is 24.0 Å². The smallest absolute Gasteiger partial charge is 0.413 e. The van der Waals surface area contributed by atoms with Crippen molar-refractivity contribution in [3.8, 4) is 5.75 Å². The zero-order valence-electron chi connectivity index (χ0n) is 41.0. The molecule has 2 N–H and O–H groups in total. The molecule has 3 heterocycles. The van der Waals surface area contributed by atoms with Gasteiger partial charge in [0.15, 0.2) is 24.2 Å². The lowest BCUT2D eigenvalue weighted by Crippen LogP contribution is -2.82. The monoisotopic (exact) mass is 965 g/mol. The molecule has 3 aromatic rings. The average molecular weight is 966 g/mol. The quantitative estimate of drug-likeness (QED) is 0.125. The number of aliphatic hydroxyl groups is 2. The molecule has 3 saturated heterocycles. The third-order valence-corrected chi connectivity index (χ3v) is 15.6. The molecule has 1 amide bonds. The van der Waals surface area contributed by atoms with E-state index in [0.29, 0.717) is 28.0 Å². The van der Waals surface area contributed by atoms with E-state index < -0.39 is 119 Å². The first-order valence-electron chi connectivity index (χ1n) is 23.8. The van der Waals surface area contributed by atoms with Crippen LogP contribution in [0.5, 0.6) is 5.75 Å². The molecule has 3 aromatic carbocycles. The molecule has 0 radical (unpaired) electrons. The van der Waals surface area contributed by atoms with Crippen molar-refractivity contribution in [3.05, 3.63) is 125 Å². The van der Waals surface area contributed by atoms with Gasteiger partial charge in [-0.2, -0.15) is 0 Å². The van der Waals surface area contributed by atoms with E-state index in [4.69, 9.17) is 42.6 Å². The van der Waals surface area contributed by atoms with E-state index in [2.05, 4.69) is 6.58 Å². The van der Waals surface area contributed by atoms with Gasteiger partial charge in [0.05, 0.1) is 37.4 Å². The van der Waals surface area contributed by atoms with Crippen molar-refractivity contribution in [2.24, 2.45) is 16.7 Å². The Balaban J connectivity index is 1.20. The molecule has 3 aliphatic carbocycles. The molecule has 14 atom stereocenters. The molecule has 6 aliphatic rings. The van der Waals surface area contributed by atoms with Crippen molar-refractivity contribution >= 4 is 24.0 Å². The van der Waals surface area contributed by atoms with Crippen LogP contribution in [-0.4, -0.2) is 119 Å². The summed E-state index contributed by atoms with van der Waals surface area (Å²) in [5.41, 5.74) is -5.26. The number of fused-ring (bicyclic) bond motifs is 8. The highest BCUT2D eigenvalue weighted by atomic mass is 16.7. The van der Waals surface area contributed by atoms with Crippen LogP contribution in [0.2, 0.25) is 0 Å². The second-order valence-electron chi connectivity index (χ2n) is 21.1. The number of aliphatic hydroxyl groups excluding tert-OH is 1. The predicted molar refractivity (Wildman–Crippen MR) is 250 cm³/mol. The molecular formula is C54H63NO15. The minimum atomic E-state index is -2.18. The highest BCUT2D eigenvalue weighted by Crippen LogP contribution is 2.67. The number of methoxy groups -OCH3 is 1. The Bertz CT molecular complexity index is 2540. The summed E-state index contributed by atoms with van der Waals surface area (Å²) < 4.78 is 57.3. The number of carbonyl (C=O) groups is 4. The fourth-order valence-corrected chi connectivity index (χ4v) is 12.2. The number of nitrogens with zero attached hydrogens (tertiary/aromatic N) is 1. The highest BCUT2D eigenvalue weighted by Gasteiger charge is 2.79. The first-order chi connectivity index (χ1) is 33.1. The summed E-state index contributed by atoms with van der Waals surface area (Å²) in [6, 6.07) is 23.1. The number of amides is 1. The molecule has 10 unspecified atom stereocenters. The first kappa shape index (κ1) is 49.4. The number of esters is 3. The summed E-state index contributed by atoms with van der Waals surface area (Å²) in [6.45, 7) is 17.5. The molecule has 5 fully saturated rings. The molecule has 70 heavy (non-hydrogen) atoms. The first-order valence-corrected chi connectivity index (χ1v) is 23.8. The Morgan fingerprint density at radius 1 is 0.886 bits per heavy atom. The van der Waals surface area contributed by atoms with Crippen LogP contribution in [0.1, 0.15) is 102 Å². The third-order valence-electron chi connectivity index (χ3n) is 15.6. The van der Waals surface area contributed by atoms with Gasteiger partial charge in [0.2, 0.25) is 0 Å². The molecule has 2 saturated carbocycles. The molecule has 3 aliphatic heterocycles. The summed E-state index contributed by atoms with van der Waals surface area (Å²) in [7, 11) is 1.54. The van der Waals surface area contributed by atoms with Crippen molar-refractivity contribution in [2.45, 2.75) is 146 Å². The molecule has 9 rings (SSSR count). The number of hydrogen-bond donors (Lipinski definition) is 2. The van der Waals surface area contributed by atoms with Gasteiger partial charge in [-0.25, -0.2) is 14.4 Å². The van der Waals surface area contributed by atoms with E-state index in [1.54, 1.807) is 127 Å². The normalized spacial score (nSPS) is 36.2. The van der Waals surface area contributed by atoms with Crippen molar-refractivity contribution in [1.29, 1.82) is 0 Å². The fraction of sp³-hybridized carbons (Fsp3) is 0.519. The Labute approximate surface area is 407 Å². The minimum Gasteiger partial charge on any atom is -0.497 e. The van der Waals surface area contributed by atoms with Gasteiger partial charge in [-0.1, -0.05) is 88.0 Å². The van der Waals surface area contributed by atoms with Gasteiger partial charge in [-0.15, -0.1) is 0 Å². The van der Waals surface area contributed by atoms with E-state index in [0.717, 1.165) is 0 Å². The lowest BCUT2D eigenvalue weighted by atomic mass is 9.44. The summed E-state index contributed by atoms with van der Waals surface area (Å²) in [4.78, 5) is 59.1. The summed E-state index contributed by atoms with van der Waals surface area (Å²) in [5.74, 6) is -2.97. The summed E-state index contributed by atoms with van der Waals surface area (Å²) in [5, 5.41) is 26.6. The number of carbonyl (C=O) groups excluding carboxylic acids is 4. The maximum Gasteiger partial charge on any atom is 0.413 e. The van der Waals surface area contributed by atoms with E-state index in [9.17, 15) is 24.6 Å².